The molecule has 2 aliphatic rings. The van der Waals surface area contributed by atoms with E-state index in [4.69, 9.17) is 10.7 Å². The lowest BCUT2D eigenvalue weighted by Gasteiger charge is -2.38. The number of nitrogens with two attached hydrogens (primary N) is 1. The summed E-state index contributed by atoms with van der Waals surface area (Å²) in [5, 5.41) is 0. The maximum absolute atomic E-state index is 6.00. The average molecular weight is 244 g/mol. The molecular formula is C16H24N2. The molecular weight excluding hydrogens is 220 g/mol. The van der Waals surface area contributed by atoms with Crippen molar-refractivity contribution in [3.05, 3.63) is 29.6 Å². The summed E-state index contributed by atoms with van der Waals surface area (Å²) in [5.74, 6) is 2.21. The number of hydrogen-bond donors (Lipinski definition) is 1. The minimum atomic E-state index is 0.684. The van der Waals surface area contributed by atoms with Crippen molar-refractivity contribution >= 4 is 0 Å². The molecule has 0 radical (unpaired) electrons. The van der Waals surface area contributed by atoms with E-state index >= 15 is 0 Å². The Bertz CT molecular complexity index is 402. The lowest BCUT2D eigenvalue weighted by atomic mass is 9.67. The molecule has 3 unspecified atom stereocenters. The Labute approximate surface area is 110 Å². The maximum atomic E-state index is 6.00. The second kappa shape index (κ2) is 5.40. The van der Waals surface area contributed by atoms with Crippen LogP contribution >= 0.6 is 0 Å². The molecule has 1 saturated carbocycles. The average Bonchev–Trinajstić information content (AvgIpc) is 2.46. The molecule has 18 heavy (non-hydrogen) atoms. The Morgan fingerprint density at radius 3 is 2.94 bits per heavy atom. The number of pyridine rings is 1. The van der Waals surface area contributed by atoms with Gasteiger partial charge in [-0.3, -0.25) is 4.98 Å². The molecule has 98 valence electrons. The minimum absolute atomic E-state index is 0.684. The highest BCUT2D eigenvalue weighted by Gasteiger charge is 2.34. The van der Waals surface area contributed by atoms with E-state index in [0.29, 0.717) is 5.92 Å². The van der Waals surface area contributed by atoms with Crippen LogP contribution in [0, 0.1) is 11.8 Å². The van der Waals surface area contributed by atoms with Crippen molar-refractivity contribution < 1.29 is 0 Å². The lowest BCUT2D eigenvalue weighted by molar-refractivity contribution is 0.191. The van der Waals surface area contributed by atoms with Crippen LogP contribution < -0.4 is 5.73 Å². The van der Waals surface area contributed by atoms with Gasteiger partial charge in [-0.1, -0.05) is 18.9 Å². The maximum Gasteiger partial charge on any atom is 0.0469 e. The Kier molecular flexibility index (Phi) is 3.64. The molecule has 0 spiro atoms. The summed E-state index contributed by atoms with van der Waals surface area (Å²) in [6.07, 6.45) is 11.3. The van der Waals surface area contributed by atoms with Crippen LogP contribution in [0.5, 0.6) is 0 Å². The molecule has 3 rings (SSSR count). The Hall–Kier alpha value is -0.890. The van der Waals surface area contributed by atoms with Gasteiger partial charge in [0.1, 0.15) is 0 Å². The monoisotopic (exact) mass is 244 g/mol. The van der Waals surface area contributed by atoms with Crippen LogP contribution in [-0.2, 0) is 6.42 Å². The topological polar surface area (TPSA) is 38.9 Å². The van der Waals surface area contributed by atoms with E-state index in [9.17, 15) is 0 Å². The molecule has 1 aromatic rings. The number of aryl methyl sites for hydroxylation is 1. The van der Waals surface area contributed by atoms with Gasteiger partial charge in [-0.05, 0) is 62.1 Å². The summed E-state index contributed by atoms with van der Waals surface area (Å²) in [5.41, 5.74) is 8.89. The third-order valence-electron chi connectivity index (χ3n) is 5.03. The quantitative estimate of drug-likeness (QED) is 0.867. The number of rotatable bonds is 2. The second-order valence-corrected chi connectivity index (χ2v) is 5.99. The zero-order valence-corrected chi connectivity index (χ0v) is 11.1. The fourth-order valence-corrected chi connectivity index (χ4v) is 4.12. The normalized spacial score (nSPS) is 31.9. The van der Waals surface area contributed by atoms with E-state index in [1.807, 2.05) is 6.20 Å². The fraction of sp³-hybridized carbons (Fsp3) is 0.688. The van der Waals surface area contributed by atoms with Crippen molar-refractivity contribution in [3.63, 3.8) is 0 Å². The minimum Gasteiger partial charge on any atom is -0.330 e. The van der Waals surface area contributed by atoms with Crippen molar-refractivity contribution in [1.82, 2.24) is 4.98 Å². The van der Waals surface area contributed by atoms with Crippen molar-refractivity contribution in [2.24, 2.45) is 17.6 Å². The molecule has 2 nitrogen and oxygen atoms in total. The molecule has 0 amide bonds. The van der Waals surface area contributed by atoms with Crippen LogP contribution in [0.25, 0.3) is 0 Å². The molecule has 1 heterocycles. The summed E-state index contributed by atoms with van der Waals surface area (Å²) in [7, 11) is 0. The van der Waals surface area contributed by atoms with Crippen LogP contribution in [0.2, 0.25) is 0 Å². The van der Waals surface area contributed by atoms with Gasteiger partial charge in [-0.15, -0.1) is 0 Å². The van der Waals surface area contributed by atoms with Gasteiger partial charge in [0, 0.05) is 17.8 Å². The van der Waals surface area contributed by atoms with Crippen molar-refractivity contribution in [1.29, 1.82) is 0 Å². The van der Waals surface area contributed by atoms with Gasteiger partial charge in [-0.2, -0.15) is 0 Å². The summed E-state index contributed by atoms with van der Waals surface area (Å²) >= 11 is 0. The molecule has 0 saturated heterocycles. The molecule has 3 atom stereocenters. The molecule has 2 heteroatoms. The van der Waals surface area contributed by atoms with Crippen LogP contribution in [-0.4, -0.2) is 11.5 Å². The molecule has 1 aromatic heterocycles. The lowest BCUT2D eigenvalue weighted by Crippen LogP contribution is -2.33. The standard InChI is InChI=1S/C16H24N2/c17-11-13-5-1-2-8-14(13)15-9-3-6-12-7-4-10-18-16(12)15/h4,7,10,13-15H,1-3,5-6,8-9,11,17H2. The zero-order valence-electron chi connectivity index (χ0n) is 11.1. The summed E-state index contributed by atoms with van der Waals surface area (Å²) < 4.78 is 0. The first kappa shape index (κ1) is 12.2. The second-order valence-electron chi connectivity index (χ2n) is 5.99. The van der Waals surface area contributed by atoms with E-state index in [1.165, 1.54) is 56.2 Å². The van der Waals surface area contributed by atoms with Crippen molar-refractivity contribution in [2.45, 2.75) is 50.9 Å². The van der Waals surface area contributed by atoms with Crippen molar-refractivity contribution in [2.75, 3.05) is 6.54 Å². The first-order valence-corrected chi connectivity index (χ1v) is 7.54. The van der Waals surface area contributed by atoms with Crippen LogP contribution in [0.4, 0.5) is 0 Å². The van der Waals surface area contributed by atoms with Gasteiger partial charge in [-0.25, -0.2) is 0 Å². The highest BCUT2D eigenvalue weighted by molar-refractivity contribution is 5.27. The van der Waals surface area contributed by atoms with Gasteiger partial charge in [0.15, 0.2) is 0 Å². The SMILES string of the molecule is NCC1CCCCC1C1CCCc2cccnc21. The Morgan fingerprint density at radius 2 is 2.06 bits per heavy atom. The largest absolute Gasteiger partial charge is 0.330 e. The van der Waals surface area contributed by atoms with Gasteiger partial charge in [0.05, 0.1) is 0 Å². The number of nitrogens with zero attached hydrogens (tertiary/aromatic N) is 1. The molecule has 2 N–H and O–H groups in total. The molecule has 1 fully saturated rings. The highest BCUT2D eigenvalue weighted by Crippen LogP contribution is 2.44. The summed E-state index contributed by atoms with van der Waals surface area (Å²) in [6, 6.07) is 4.36. The van der Waals surface area contributed by atoms with Gasteiger partial charge < -0.3 is 5.73 Å². The van der Waals surface area contributed by atoms with Crippen molar-refractivity contribution in [3.8, 4) is 0 Å². The van der Waals surface area contributed by atoms with E-state index in [-0.39, 0.29) is 0 Å². The van der Waals surface area contributed by atoms with E-state index < -0.39 is 0 Å². The van der Waals surface area contributed by atoms with Crippen LogP contribution in [0.15, 0.2) is 18.3 Å². The first-order chi connectivity index (χ1) is 8.90. The predicted molar refractivity (Wildman–Crippen MR) is 74.4 cm³/mol. The molecule has 0 bridgehead atoms. The van der Waals surface area contributed by atoms with Gasteiger partial charge in [0.2, 0.25) is 0 Å². The van der Waals surface area contributed by atoms with E-state index in [1.54, 1.807) is 0 Å². The molecule has 2 aliphatic carbocycles. The third kappa shape index (κ3) is 2.18. The molecule has 0 aliphatic heterocycles. The third-order valence-corrected chi connectivity index (χ3v) is 5.03. The van der Waals surface area contributed by atoms with Gasteiger partial charge >= 0.3 is 0 Å². The Balaban J connectivity index is 1.88. The fourth-order valence-electron chi connectivity index (χ4n) is 4.12. The van der Waals surface area contributed by atoms with Crippen LogP contribution in [0.3, 0.4) is 0 Å². The number of hydrogen-bond acceptors (Lipinski definition) is 2. The van der Waals surface area contributed by atoms with E-state index in [0.717, 1.165) is 18.4 Å². The predicted octanol–water partition coefficient (Wildman–Crippen LogP) is 3.27. The zero-order chi connectivity index (χ0) is 12.4. The molecule has 0 aromatic carbocycles. The smallest absolute Gasteiger partial charge is 0.0469 e. The first-order valence-electron chi connectivity index (χ1n) is 7.54. The Morgan fingerprint density at radius 1 is 1.17 bits per heavy atom. The van der Waals surface area contributed by atoms with E-state index in [2.05, 4.69) is 12.1 Å². The van der Waals surface area contributed by atoms with Gasteiger partial charge in [0.25, 0.3) is 0 Å². The number of aromatic nitrogens is 1. The highest BCUT2D eigenvalue weighted by atomic mass is 14.7. The number of fused-ring (bicyclic) bond motifs is 1. The van der Waals surface area contributed by atoms with Crippen LogP contribution in [0.1, 0.15) is 55.7 Å². The summed E-state index contributed by atoms with van der Waals surface area (Å²) in [4.78, 5) is 4.70. The summed E-state index contributed by atoms with van der Waals surface area (Å²) in [6.45, 7) is 0.864.